The molecule has 0 unspecified atom stereocenters. The van der Waals surface area contributed by atoms with Gasteiger partial charge in [0.05, 0.1) is 11.6 Å². The third-order valence-electron chi connectivity index (χ3n) is 1.79. The van der Waals surface area contributed by atoms with Gasteiger partial charge in [0.1, 0.15) is 5.69 Å². The van der Waals surface area contributed by atoms with E-state index in [0.717, 1.165) is 5.01 Å². The molecule has 0 aliphatic rings. The second-order valence-electron chi connectivity index (χ2n) is 3.22. The number of aromatic nitrogens is 1. The molecule has 0 fully saturated rings. The molecule has 1 aromatic rings. The fourth-order valence-corrected chi connectivity index (χ4v) is 1.79. The van der Waals surface area contributed by atoms with E-state index in [1.54, 1.807) is 12.3 Å². The van der Waals surface area contributed by atoms with Crippen molar-refractivity contribution < 1.29 is 9.90 Å². The van der Waals surface area contributed by atoms with Crippen molar-refractivity contribution in [1.29, 1.82) is 0 Å². The summed E-state index contributed by atoms with van der Waals surface area (Å²) in [5, 5.41) is 14.0. The fourth-order valence-electron chi connectivity index (χ4n) is 0.997. The van der Waals surface area contributed by atoms with Crippen LogP contribution in [0.25, 0.3) is 0 Å². The predicted molar refractivity (Wildman–Crippen MR) is 58.9 cm³/mol. The molecule has 1 aromatic heterocycles. The topological polar surface area (TPSA) is 88.2 Å². The van der Waals surface area contributed by atoms with Gasteiger partial charge in [0.15, 0.2) is 0 Å². The van der Waals surface area contributed by atoms with E-state index in [4.69, 9.17) is 10.8 Å². The highest BCUT2D eigenvalue weighted by molar-refractivity contribution is 7.09. The van der Waals surface area contributed by atoms with Crippen LogP contribution >= 0.6 is 11.3 Å². The standard InChI is InChI=1S/C9H15N3O2S/c1-6(4-13)11-9(14)7-5-15-8(12-7)2-3-10/h5-6,13H,2-4,10H2,1H3,(H,11,14)/t6-/m0/s1. The number of carbonyl (C=O) groups excluding carboxylic acids is 1. The van der Waals surface area contributed by atoms with E-state index < -0.39 is 0 Å². The molecule has 1 amide bonds. The molecule has 15 heavy (non-hydrogen) atoms. The minimum Gasteiger partial charge on any atom is -0.394 e. The van der Waals surface area contributed by atoms with E-state index in [0.29, 0.717) is 18.7 Å². The van der Waals surface area contributed by atoms with Gasteiger partial charge in [-0.15, -0.1) is 11.3 Å². The van der Waals surface area contributed by atoms with Gasteiger partial charge in [-0.2, -0.15) is 0 Å². The molecule has 1 atom stereocenters. The molecule has 0 aliphatic heterocycles. The van der Waals surface area contributed by atoms with Gasteiger partial charge in [0.2, 0.25) is 0 Å². The second-order valence-corrected chi connectivity index (χ2v) is 4.16. The molecule has 4 N–H and O–H groups in total. The molecule has 84 valence electrons. The van der Waals surface area contributed by atoms with Gasteiger partial charge in [-0.25, -0.2) is 4.98 Å². The molecule has 0 aromatic carbocycles. The summed E-state index contributed by atoms with van der Waals surface area (Å²) in [6.07, 6.45) is 0.688. The highest BCUT2D eigenvalue weighted by Crippen LogP contribution is 2.09. The lowest BCUT2D eigenvalue weighted by atomic mass is 10.3. The van der Waals surface area contributed by atoms with Gasteiger partial charge in [-0.05, 0) is 13.5 Å². The Bertz CT molecular complexity index is 327. The summed E-state index contributed by atoms with van der Waals surface area (Å²) in [5.41, 5.74) is 5.77. The van der Waals surface area contributed by atoms with Gasteiger partial charge >= 0.3 is 0 Å². The molecule has 0 radical (unpaired) electrons. The summed E-state index contributed by atoms with van der Waals surface area (Å²) < 4.78 is 0. The van der Waals surface area contributed by atoms with Crippen LogP contribution in [0.2, 0.25) is 0 Å². The SMILES string of the molecule is C[C@@H](CO)NC(=O)c1csc(CCN)n1. The highest BCUT2D eigenvalue weighted by atomic mass is 32.1. The lowest BCUT2D eigenvalue weighted by Crippen LogP contribution is -2.35. The number of nitrogens with one attached hydrogen (secondary N) is 1. The molecule has 0 spiro atoms. The van der Waals surface area contributed by atoms with Crippen molar-refractivity contribution in [3.8, 4) is 0 Å². The minimum absolute atomic E-state index is 0.0778. The first-order valence-electron chi connectivity index (χ1n) is 4.73. The van der Waals surface area contributed by atoms with Crippen molar-refractivity contribution in [2.24, 2.45) is 5.73 Å². The third kappa shape index (κ3) is 3.58. The summed E-state index contributed by atoms with van der Waals surface area (Å²) in [6.45, 7) is 2.18. The summed E-state index contributed by atoms with van der Waals surface area (Å²) in [6, 6.07) is -0.253. The van der Waals surface area contributed by atoms with E-state index in [1.165, 1.54) is 11.3 Å². The number of amides is 1. The Morgan fingerprint density at radius 2 is 2.53 bits per heavy atom. The number of nitrogens with two attached hydrogens (primary N) is 1. The summed E-state index contributed by atoms with van der Waals surface area (Å²) in [7, 11) is 0. The van der Waals surface area contributed by atoms with Gasteiger partial charge in [0.25, 0.3) is 5.91 Å². The van der Waals surface area contributed by atoms with Crippen LogP contribution in [0.3, 0.4) is 0 Å². The van der Waals surface area contributed by atoms with Gasteiger partial charge in [-0.3, -0.25) is 4.79 Å². The molecule has 1 rings (SSSR count). The minimum atomic E-state index is -0.254. The number of thiazole rings is 1. The monoisotopic (exact) mass is 229 g/mol. The molecular weight excluding hydrogens is 214 g/mol. The Morgan fingerprint density at radius 3 is 3.13 bits per heavy atom. The van der Waals surface area contributed by atoms with Crippen molar-refractivity contribution >= 4 is 17.2 Å². The number of aliphatic hydroxyl groups excluding tert-OH is 1. The molecule has 0 aliphatic carbocycles. The quantitative estimate of drug-likeness (QED) is 0.650. The van der Waals surface area contributed by atoms with Crippen LogP contribution in [-0.2, 0) is 6.42 Å². The maximum absolute atomic E-state index is 11.5. The van der Waals surface area contributed by atoms with Crippen LogP contribution < -0.4 is 11.1 Å². The summed E-state index contributed by atoms with van der Waals surface area (Å²) >= 11 is 1.42. The normalized spacial score (nSPS) is 12.5. The van der Waals surface area contributed by atoms with Crippen molar-refractivity contribution in [1.82, 2.24) is 10.3 Å². The van der Waals surface area contributed by atoms with E-state index in [2.05, 4.69) is 10.3 Å². The Morgan fingerprint density at radius 1 is 1.80 bits per heavy atom. The average Bonchev–Trinajstić information content (AvgIpc) is 2.67. The van der Waals surface area contributed by atoms with Crippen molar-refractivity contribution in [2.75, 3.05) is 13.2 Å². The number of aliphatic hydroxyl groups is 1. The Labute approximate surface area is 92.3 Å². The number of hydrogen-bond donors (Lipinski definition) is 3. The van der Waals surface area contributed by atoms with Crippen LogP contribution in [0.1, 0.15) is 22.4 Å². The predicted octanol–water partition coefficient (Wildman–Crippen LogP) is -0.245. The smallest absolute Gasteiger partial charge is 0.271 e. The average molecular weight is 229 g/mol. The lowest BCUT2D eigenvalue weighted by molar-refractivity contribution is 0.0918. The van der Waals surface area contributed by atoms with Crippen molar-refractivity contribution in [2.45, 2.75) is 19.4 Å². The van der Waals surface area contributed by atoms with Crippen molar-refractivity contribution in [3.05, 3.63) is 16.1 Å². The molecule has 0 saturated carbocycles. The van der Waals surface area contributed by atoms with E-state index in [-0.39, 0.29) is 18.6 Å². The zero-order valence-electron chi connectivity index (χ0n) is 8.56. The first kappa shape index (κ1) is 12.1. The first-order chi connectivity index (χ1) is 7.17. The Hall–Kier alpha value is -0.980. The van der Waals surface area contributed by atoms with Gasteiger partial charge < -0.3 is 16.2 Å². The lowest BCUT2D eigenvalue weighted by Gasteiger charge is -2.08. The van der Waals surface area contributed by atoms with Gasteiger partial charge in [0, 0.05) is 17.8 Å². The highest BCUT2D eigenvalue weighted by Gasteiger charge is 2.12. The molecule has 0 saturated heterocycles. The first-order valence-corrected chi connectivity index (χ1v) is 5.61. The maximum Gasteiger partial charge on any atom is 0.271 e. The van der Waals surface area contributed by atoms with Crippen LogP contribution in [0.15, 0.2) is 5.38 Å². The van der Waals surface area contributed by atoms with Crippen LogP contribution in [0.4, 0.5) is 0 Å². The second kappa shape index (κ2) is 5.79. The molecule has 0 bridgehead atoms. The fraction of sp³-hybridized carbons (Fsp3) is 0.556. The zero-order valence-corrected chi connectivity index (χ0v) is 9.38. The zero-order chi connectivity index (χ0) is 11.3. The third-order valence-corrected chi connectivity index (χ3v) is 2.70. The van der Waals surface area contributed by atoms with Crippen LogP contribution in [0.5, 0.6) is 0 Å². The summed E-state index contributed by atoms with van der Waals surface area (Å²) in [4.78, 5) is 15.7. The molecule has 5 nitrogen and oxygen atoms in total. The Balaban J connectivity index is 2.58. The number of rotatable bonds is 5. The molecule has 1 heterocycles. The number of hydrogen-bond acceptors (Lipinski definition) is 5. The summed E-state index contributed by atoms with van der Waals surface area (Å²) in [5.74, 6) is -0.254. The van der Waals surface area contributed by atoms with Crippen LogP contribution in [0, 0.1) is 0 Å². The van der Waals surface area contributed by atoms with E-state index in [1.807, 2.05) is 0 Å². The Kier molecular flexibility index (Phi) is 4.67. The van der Waals surface area contributed by atoms with E-state index >= 15 is 0 Å². The maximum atomic E-state index is 11.5. The van der Waals surface area contributed by atoms with Crippen molar-refractivity contribution in [3.63, 3.8) is 0 Å². The number of carbonyl (C=O) groups is 1. The van der Waals surface area contributed by atoms with Gasteiger partial charge in [-0.1, -0.05) is 0 Å². The largest absolute Gasteiger partial charge is 0.394 e. The van der Waals surface area contributed by atoms with E-state index in [9.17, 15) is 4.79 Å². The number of nitrogens with zero attached hydrogens (tertiary/aromatic N) is 1. The molecule has 6 heteroatoms. The molecular formula is C9H15N3O2S. The van der Waals surface area contributed by atoms with Crippen LogP contribution in [-0.4, -0.2) is 35.2 Å².